The van der Waals surface area contributed by atoms with Gasteiger partial charge in [0.05, 0.1) is 9.88 Å². The maximum absolute atomic E-state index is 13.1. The molecule has 0 aliphatic carbocycles. The molecule has 0 saturated heterocycles. The fraction of sp³-hybridized carbons (Fsp3) is 0.250. The van der Waals surface area contributed by atoms with Crippen molar-refractivity contribution in [3.63, 3.8) is 0 Å². The topological polar surface area (TPSA) is 33.1 Å². The summed E-state index contributed by atoms with van der Waals surface area (Å²) in [6.07, 6.45) is 0.844. The number of hydrogen-bond donors (Lipinski definition) is 1. The van der Waals surface area contributed by atoms with E-state index in [2.05, 4.69) is 4.98 Å². The van der Waals surface area contributed by atoms with Gasteiger partial charge in [0.25, 0.3) is 0 Å². The van der Waals surface area contributed by atoms with Crippen LogP contribution in [-0.4, -0.2) is 10.1 Å². The molecule has 1 N–H and O–H groups in total. The monoisotopic (exact) mass is 237 g/mol. The first-order chi connectivity index (χ1) is 7.58. The SMILES string of the molecule is Cc1ncc(C(O)c2cc(F)ccc2C)s1. The summed E-state index contributed by atoms with van der Waals surface area (Å²) in [7, 11) is 0. The Morgan fingerprint density at radius 2 is 2.12 bits per heavy atom. The summed E-state index contributed by atoms with van der Waals surface area (Å²) >= 11 is 1.42. The van der Waals surface area contributed by atoms with Crippen molar-refractivity contribution in [1.29, 1.82) is 0 Å². The van der Waals surface area contributed by atoms with E-state index in [1.165, 1.54) is 23.5 Å². The van der Waals surface area contributed by atoms with Gasteiger partial charge in [-0.1, -0.05) is 6.07 Å². The van der Waals surface area contributed by atoms with Crippen LogP contribution in [0.4, 0.5) is 4.39 Å². The van der Waals surface area contributed by atoms with Gasteiger partial charge in [0.1, 0.15) is 11.9 Å². The van der Waals surface area contributed by atoms with E-state index in [4.69, 9.17) is 0 Å². The van der Waals surface area contributed by atoms with Crippen LogP contribution in [0.5, 0.6) is 0 Å². The van der Waals surface area contributed by atoms with Gasteiger partial charge in [-0.25, -0.2) is 9.37 Å². The van der Waals surface area contributed by atoms with Crippen LogP contribution in [0.15, 0.2) is 24.4 Å². The van der Waals surface area contributed by atoms with Gasteiger partial charge in [-0.15, -0.1) is 11.3 Å². The highest BCUT2D eigenvalue weighted by Crippen LogP contribution is 2.28. The van der Waals surface area contributed by atoms with Gasteiger partial charge in [-0.2, -0.15) is 0 Å². The zero-order chi connectivity index (χ0) is 11.7. The normalized spacial score (nSPS) is 12.8. The Kier molecular flexibility index (Phi) is 3.03. The zero-order valence-electron chi connectivity index (χ0n) is 9.07. The molecule has 1 aromatic carbocycles. The molecule has 0 amide bonds. The summed E-state index contributed by atoms with van der Waals surface area (Å²) in [6.45, 7) is 3.73. The Labute approximate surface area is 97.4 Å². The molecule has 0 fully saturated rings. The number of aliphatic hydroxyl groups excluding tert-OH is 1. The van der Waals surface area contributed by atoms with Crippen LogP contribution >= 0.6 is 11.3 Å². The maximum atomic E-state index is 13.1. The molecule has 1 atom stereocenters. The minimum Gasteiger partial charge on any atom is -0.383 e. The van der Waals surface area contributed by atoms with Crippen LogP contribution in [0.25, 0.3) is 0 Å². The molecule has 0 aliphatic rings. The molecule has 84 valence electrons. The number of aryl methyl sites for hydroxylation is 2. The summed E-state index contributed by atoms with van der Waals surface area (Å²) < 4.78 is 13.1. The first kappa shape index (κ1) is 11.2. The van der Waals surface area contributed by atoms with E-state index in [1.807, 2.05) is 13.8 Å². The van der Waals surface area contributed by atoms with Crippen LogP contribution < -0.4 is 0 Å². The van der Waals surface area contributed by atoms with E-state index < -0.39 is 6.10 Å². The number of rotatable bonds is 2. The van der Waals surface area contributed by atoms with Crippen molar-refractivity contribution >= 4 is 11.3 Å². The van der Waals surface area contributed by atoms with Crippen molar-refractivity contribution in [2.45, 2.75) is 20.0 Å². The lowest BCUT2D eigenvalue weighted by atomic mass is 10.0. The number of aliphatic hydroxyl groups is 1. The summed E-state index contributed by atoms with van der Waals surface area (Å²) in [5.41, 5.74) is 1.48. The summed E-state index contributed by atoms with van der Waals surface area (Å²) in [5, 5.41) is 11.0. The average Bonchev–Trinajstić information content (AvgIpc) is 2.67. The number of thiazole rings is 1. The van der Waals surface area contributed by atoms with Gasteiger partial charge in [0.15, 0.2) is 0 Å². The second kappa shape index (κ2) is 4.31. The molecule has 4 heteroatoms. The van der Waals surface area contributed by atoms with Crippen molar-refractivity contribution in [3.05, 3.63) is 51.2 Å². The van der Waals surface area contributed by atoms with Crippen molar-refractivity contribution in [2.24, 2.45) is 0 Å². The molecule has 1 heterocycles. The standard InChI is InChI=1S/C12H12FNOS/c1-7-3-4-9(13)5-10(7)12(15)11-6-14-8(2)16-11/h3-6,12,15H,1-2H3. The predicted octanol–water partition coefficient (Wildman–Crippen LogP) is 2.98. The molecule has 0 bridgehead atoms. The Balaban J connectivity index is 2.40. The minimum atomic E-state index is -0.790. The van der Waals surface area contributed by atoms with Crippen LogP contribution in [0.3, 0.4) is 0 Å². The van der Waals surface area contributed by atoms with E-state index in [-0.39, 0.29) is 5.82 Å². The van der Waals surface area contributed by atoms with Crippen molar-refractivity contribution in [2.75, 3.05) is 0 Å². The second-order valence-electron chi connectivity index (χ2n) is 3.69. The molecule has 2 nitrogen and oxygen atoms in total. The molecule has 0 spiro atoms. The number of hydrogen-bond acceptors (Lipinski definition) is 3. The van der Waals surface area contributed by atoms with Crippen LogP contribution in [-0.2, 0) is 0 Å². The van der Waals surface area contributed by atoms with Gasteiger partial charge in [0.2, 0.25) is 0 Å². The largest absolute Gasteiger partial charge is 0.383 e. The molecular weight excluding hydrogens is 225 g/mol. The second-order valence-corrected chi connectivity index (χ2v) is 4.95. The molecule has 0 saturated carbocycles. The zero-order valence-corrected chi connectivity index (χ0v) is 9.88. The van der Waals surface area contributed by atoms with Crippen LogP contribution in [0.2, 0.25) is 0 Å². The number of halogens is 1. The quantitative estimate of drug-likeness (QED) is 0.871. The van der Waals surface area contributed by atoms with Crippen LogP contribution in [0.1, 0.15) is 27.1 Å². The molecular formula is C12H12FNOS. The molecule has 0 radical (unpaired) electrons. The lowest BCUT2D eigenvalue weighted by Gasteiger charge is -2.11. The van der Waals surface area contributed by atoms with E-state index in [1.54, 1.807) is 12.3 Å². The molecule has 2 aromatic rings. The van der Waals surface area contributed by atoms with E-state index in [0.29, 0.717) is 5.56 Å². The molecule has 16 heavy (non-hydrogen) atoms. The van der Waals surface area contributed by atoms with Crippen molar-refractivity contribution < 1.29 is 9.50 Å². The number of aromatic nitrogens is 1. The van der Waals surface area contributed by atoms with E-state index >= 15 is 0 Å². The number of nitrogens with zero attached hydrogens (tertiary/aromatic N) is 1. The first-order valence-electron chi connectivity index (χ1n) is 4.94. The van der Waals surface area contributed by atoms with E-state index in [9.17, 15) is 9.50 Å². The highest BCUT2D eigenvalue weighted by atomic mass is 32.1. The lowest BCUT2D eigenvalue weighted by Crippen LogP contribution is -2.00. The predicted molar refractivity (Wildman–Crippen MR) is 62.0 cm³/mol. The maximum Gasteiger partial charge on any atom is 0.123 e. The fourth-order valence-electron chi connectivity index (χ4n) is 1.56. The molecule has 0 aliphatic heterocycles. The Morgan fingerprint density at radius 1 is 1.38 bits per heavy atom. The third-order valence-electron chi connectivity index (χ3n) is 2.44. The number of benzene rings is 1. The van der Waals surface area contributed by atoms with Gasteiger partial charge in [-0.05, 0) is 37.1 Å². The van der Waals surface area contributed by atoms with Gasteiger partial charge in [0, 0.05) is 6.20 Å². The average molecular weight is 237 g/mol. The van der Waals surface area contributed by atoms with Gasteiger partial charge < -0.3 is 5.11 Å². The molecule has 1 unspecified atom stereocenters. The molecule has 2 rings (SSSR count). The Bertz CT molecular complexity index is 509. The van der Waals surface area contributed by atoms with E-state index in [0.717, 1.165) is 15.4 Å². The minimum absolute atomic E-state index is 0.333. The third kappa shape index (κ3) is 2.13. The van der Waals surface area contributed by atoms with Crippen LogP contribution in [0, 0.1) is 19.7 Å². The van der Waals surface area contributed by atoms with Crippen molar-refractivity contribution in [3.8, 4) is 0 Å². The summed E-state index contributed by atoms with van der Waals surface area (Å²) in [5.74, 6) is -0.333. The Morgan fingerprint density at radius 3 is 2.75 bits per heavy atom. The van der Waals surface area contributed by atoms with Gasteiger partial charge in [-0.3, -0.25) is 0 Å². The first-order valence-corrected chi connectivity index (χ1v) is 5.76. The summed E-state index contributed by atoms with van der Waals surface area (Å²) in [6, 6.07) is 4.43. The van der Waals surface area contributed by atoms with Crippen molar-refractivity contribution in [1.82, 2.24) is 4.98 Å². The highest BCUT2D eigenvalue weighted by molar-refractivity contribution is 7.11. The molecule has 1 aromatic heterocycles. The third-order valence-corrected chi connectivity index (χ3v) is 3.41. The highest BCUT2D eigenvalue weighted by Gasteiger charge is 2.15. The van der Waals surface area contributed by atoms with Gasteiger partial charge >= 0.3 is 0 Å². The smallest absolute Gasteiger partial charge is 0.123 e. The fourth-order valence-corrected chi connectivity index (χ4v) is 2.35. The Hall–Kier alpha value is -1.26. The lowest BCUT2D eigenvalue weighted by molar-refractivity contribution is 0.222. The summed E-state index contributed by atoms with van der Waals surface area (Å²) in [4.78, 5) is 4.82.